The average molecular weight is 453 g/mol. The number of furan rings is 1. The predicted molar refractivity (Wildman–Crippen MR) is 129 cm³/mol. The monoisotopic (exact) mass is 453 g/mol. The number of nitrogens with one attached hydrogen (secondary N) is 2. The Morgan fingerprint density at radius 2 is 1.47 bits per heavy atom. The number of nitrogens with zero attached hydrogens (tertiary/aromatic N) is 1. The van der Waals surface area contributed by atoms with Gasteiger partial charge in [-0.1, -0.05) is 18.2 Å². The summed E-state index contributed by atoms with van der Waals surface area (Å²) in [6, 6.07) is 25.1. The predicted octanol–water partition coefficient (Wildman–Crippen LogP) is 5.76. The van der Waals surface area contributed by atoms with Crippen molar-refractivity contribution in [3.63, 3.8) is 0 Å². The van der Waals surface area contributed by atoms with E-state index in [-0.39, 0.29) is 17.5 Å². The molecule has 0 unspecified atom stereocenters. The van der Waals surface area contributed by atoms with E-state index in [0.717, 1.165) is 0 Å². The van der Waals surface area contributed by atoms with Crippen molar-refractivity contribution in [3.05, 3.63) is 119 Å². The Morgan fingerprint density at radius 1 is 0.794 bits per heavy atom. The van der Waals surface area contributed by atoms with Crippen molar-refractivity contribution in [2.24, 2.45) is 0 Å². The molecule has 0 atom stereocenters. The van der Waals surface area contributed by atoms with Crippen LogP contribution in [0.5, 0.6) is 0 Å². The van der Waals surface area contributed by atoms with Crippen LogP contribution in [0, 0.1) is 10.1 Å². The maximum Gasteiger partial charge on any atom is 0.269 e. The first-order chi connectivity index (χ1) is 16.5. The number of nitro benzene ring substituents is 1. The van der Waals surface area contributed by atoms with Gasteiger partial charge in [-0.2, -0.15) is 0 Å². The third kappa shape index (κ3) is 5.63. The Balaban J connectivity index is 1.33. The van der Waals surface area contributed by atoms with Crippen LogP contribution in [0.4, 0.5) is 17.1 Å². The van der Waals surface area contributed by atoms with Crippen molar-refractivity contribution < 1.29 is 18.9 Å². The number of para-hydroxylation sites is 1. The molecule has 0 saturated heterocycles. The van der Waals surface area contributed by atoms with E-state index < -0.39 is 4.92 Å². The van der Waals surface area contributed by atoms with Crippen LogP contribution in [-0.2, 0) is 4.79 Å². The second-order valence-electron chi connectivity index (χ2n) is 7.23. The first-order valence-electron chi connectivity index (χ1n) is 10.3. The number of hydrogen-bond donors (Lipinski definition) is 2. The number of rotatable bonds is 7. The van der Waals surface area contributed by atoms with Crippen molar-refractivity contribution in [1.82, 2.24) is 0 Å². The Labute approximate surface area is 194 Å². The Bertz CT molecular complexity index is 1340. The highest BCUT2D eigenvalue weighted by Crippen LogP contribution is 2.25. The molecule has 8 heteroatoms. The molecule has 4 aromatic rings. The fraction of sp³-hybridized carbons (Fsp3) is 0. The molecule has 3 aromatic carbocycles. The van der Waals surface area contributed by atoms with Gasteiger partial charge in [0, 0.05) is 40.7 Å². The van der Waals surface area contributed by atoms with Crippen LogP contribution in [0.1, 0.15) is 16.1 Å². The molecule has 1 aromatic heterocycles. The number of amides is 2. The van der Waals surface area contributed by atoms with Gasteiger partial charge < -0.3 is 15.1 Å². The fourth-order valence-corrected chi connectivity index (χ4v) is 3.12. The maximum absolute atomic E-state index is 12.3. The summed E-state index contributed by atoms with van der Waals surface area (Å²) in [5.74, 6) is 0.371. The Hall–Kier alpha value is -4.98. The fourth-order valence-electron chi connectivity index (χ4n) is 3.12. The molecule has 4 rings (SSSR count). The summed E-state index contributed by atoms with van der Waals surface area (Å²) in [4.78, 5) is 34.8. The molecular weight excluding hydrogens is 434 g/mol. The molecule has 0 saturated carbocycles. The molecule has 0 spiro atoms. The average Bonchev–Trinajstić information content (AvgIpc) is 3.33. The van der Waals surface area contributed by atoms with Crippen molar-refractivity contribution in [3.8, 4) is 11.3 Å². The second-order valence-corrected chi connectivity index (χ2v) is 7.23. The van der Waals surface area contributed by atoms with Gasteiger partial charge in [-0.25, -0.2) is 0 Å². The van der Waals surface area contributed by atoms with Gasteiger partial charge in [0.05, 0.1) is 4.92 Å². The zero-order valence-corrected chi connectivity index (χ0v) is 17.8. The summed E-state index contributed by atoms with van der Waals surface area (Å²) in [6.07, 6.45) is 2.85. The molecule has 0 aliphatic rings. The van der Waals surface area contributed by atoms with Gasteiger partial charge in [-0.3, -0.25) is 19.7 Å². The molecule has 2 amide bonds. The lowest BCUT2D eigenvalue weighted by atomic mass is 10.1. The minimum Gasteiger partial charge on any atom is -0.457 e. The topological polar surface area (TPSA) is 114 Å². The molecule has 0 bridgehead atoms. The molecule has 1 heterocycles. The normalized spacial score (nSPS) is 10.7. The number of carbonyl (C=O) groups excluding carboxylic acids is 2. The molecule has 168 valence electrons. The van der Waals surface area contributed by atoms with Gasteiger partial charge in [0.2, 0.25) is 5.91 Å². The van der Waals surface area contributed by atoms with Gasteiger partial charge in [0.15, 0.2) is 0 Å². The third-order valence-corrected chi connectivity index (χ3v) is 4.83. The lowest BCUT2D eigenvalue weighted by Crippen LogP contribution is -2.12. The van der Waals surface area contributed by atoms with Gasteiger partial charge in [0.25, 0.3) is 11.6 Å². The van der Waals surface area contributed by atoms with Crippen LogP contribution < -0.4 is 10.6 Å². The number of anilines is 2. The molecular formula is C26H19N3O5. The molecule has 34 heavy (non-hydrogen) atoms. The van der Waals surface area contributed by atoms with E-state index in [1.165, 1.54) is 24.3 Å². The second kappa shape index (κ2) is 10.1. The lowest BCUT2D eigenvalue weighted by molar-refractivity contribution is -0.384. The van der Waals surface area contributed by atoms with E-state index in [2.05, 4.69) is 10.6 Å². The first-order valence-corrected chi connectivity index (χ1v) is 10.3. The van der Waals surface area contributed by atoms with Crippen molar-refractivity contribution in [2.75, 3.05) is 10.6 Å². The third-order valence-electron chi connectivity index (χ3n) is 4.83. The highest BCUT2D eigenvalue weighted by molar-refractivity contribution is 6.05. The van der Waals surface area contributed by atoms with Gasteiger partial charge >= 0.3 is 0 Å². The largest absolute Gasteiger partial charge is 0.457 e. The smallest absolute Gasteiger partial charge is 0.269 e. The minimum atomic E-state index is -0.467. The molecule has 0 fully saturated rings. The SMILES string of the molecule is O=C(/C=C/c1ccc(-c2ccc([N+](=O)[O-])cc2)o1)Nc1ccc(C(=O)Nc2ccccc2)cc1. The van der Waals surface area contributed by atoms with E-state index >= 15 is 0 Å². The number of benzene rings is 3. The molecule has 0 aliphatic carbocycles. The van der Waals surface area contributed by atoms with Crippen LogP contribution in [0.2, 0.25) is 0 Å². The molecule has 2 N–H and O–H groups in total. The van der Waals surface area contributed by atoms with Crippen LogP contribution >= 0.6 is 0 Å². The highest BCUT2D eigenvalue weighted by Gasteiger charge is 2.09. The number of hydrogen-bond acceptors (Lipinski definition) is 5. The summed E-state index contributed by atoms with van der Waals surface area (Å²) in [5, 5.41) is 16.3. The zero-order chi connectivity index (χ0) is 23.9. The van der Waals surface area contributed by atoms with Crippen molar-refractivity contribution >= 4 is 35.0 Å². The highest BCUT2D eigenvalue weighted by atomic mass is 16.6. The van der Waals surface area contributed by atoms with Crippen LogP contribution in [0.3, 0.4) is 0 Å². The summed E-state index contributed by atoms with van der Waals surface area (Å²) < 4.78 is 5.68. The van der Waals surface area contributed by atoms with Crippen LogP contribution in [0.15, 0.2) is 101 Å². The molecule has 0 radical (unpaired) electrons. The van der Waals surface area contributed by atoms with Crippen molar-refractivity contribution in [1.29, 1.82) is 0 Å². The molecule has 8 nitrogen and oxygen atoms in total. The van der Waals surface area contributed by atoms with Crippen LogP contribution in [-0.4, -0.2) is 16.7 Å². The minimum absolute atomic E-state index is 0.00282. The summed E-state index contributed by atoms with van der Waals surface area (Å²) >= 11 is 0. The number of nitro groups is 1. The molecule has 0 aliphatic heterocycles. The van der Waals surface area contributed by atoms with Crippen LogP contribution in [0.25, 0.3) is 17.4 Å². The van der Waals surface area contributed by atoms with E-state index in [0.29, 0.717) is 34.0 Å². The van der Waals surface area contributed by atoms with Gasteiger partial charge in [-0.15, -0.1) is 0 Å². The Kier molecular flexibility index (Phi) is 6.60. The maximum atomic E-state index is 12.3. The number of carbonyl (C=O) groups is 2. The quantitative estimate of drug-likeness (QED) is 0.210. The summed E-state index contributed by atoms with van der Waals surface area (Å²) in [7, 11) is 0. The van der Waals surface area contributed by atoms with E-state index in [9.17, 15) is 19.7 Å². The zero-order valence-electron chi connectivity index (χ0n) is 17.8. The standard InChI is InChI=1S/C26H19N3O5/c30-25(17-15-23-14-16-24(34-23)18-8-12-22(13-9-18)29(32)33)27-21-10-6-19(7-11-21)26(31)28-20-4-2-1-3-5-20/h1-17H,(H,27,30)(H,28,31)/b17-15+. The first kappa shape index (κ1) is 22.2. The summed E-state index contributed by atoms with van der Waals surface area (Å²) in [6.45, 7) is 0. The number of non-ortho nitro benzene ring substituents is 1. The van der Waals surface area contributed by atoms with Gasteiger partial charge in [0.1, 0.15) is 11.5 Å². The van der Waals surface area contributed by atoms with E-state index in [1.807, 2.05) is 18.2 Å². The van der Waals surface area contributed by atoms with Crippen molar-refractivity contribution in [2.45, 2.75) is 0 Å². The Morgan fingerprint density at radius 3 is 2.15 bits per heavy atom. The summed E-state index contributed by atoms with van der Waals surface area (Å²) in [5.41, 5.74) is 2.39. The van der Waals surface area contributed by atoms with E-state index in [1.54, 1.807) is 60.7 Å². The van der Waals surface area contributed by atoms with Gasteiger partial charge in [-0.05, 0) is 66.7 Å². The van der Waals surface area contributed by atoms with E-state index in [4.69, 9.17) is 4.42 Å². The lowest BCUT2D eigenvalue weighted by Gasteiger charge is -2.06.